The van der Waals surface area contributed by atoms with Crippen LogP contribution in [0.4, 0.5) is 0 Å². The fourth-order valence-electron chi connectivity index (χ4n) is 2.72. The second-order valence-corrected chi connectivity index (χ2v) is 5.92. The monoisotopic (exact) mass is 286 g/mol. The molecule has 1 nitrogen and oxygen atoms in total. The van der Waals surface area contributed by atoms with Crippen molar-refractivity contribution in [1.82, 2.24) is 0 Å². The van der Waals surface area contributed by atoms with Crippen LogP contribution >= 0.6 is 23.2 Å². The van der Waals surface area contributed by atoms with Gasteiger partial charge in [-0.25, -0.2) is 0 Å². The molecule has 0 bridgehead atoms. The molecule has 18 heavy (non-hydrogen) atoms. The van der Waals surface area contributed by atoms with Crippen molar-refractivity contribution in [2.24, 2.45) is 5.92 Å². The summed E-state index contributed by atoms with van der Waals surface area (Å²) < 4.78 is 5.17. The van der Waals surface area contributed by atoms with E-state index in [0.717, 1.165) is 16.3 Å². The molecule has 3 heteroatoms. The van der Waals surface area contributed by atoms with Gasteiger partial charge in [-0.15, -0.1) is 11.6 Å². The summed E-state index contributed by atoms with van der Waals surface area (Å²) in [6, 6.07) is 5.79. The van der Waals surface area contributed by atoms with Crippen molar-refractivity contribution in [3.05, 3.63) is 28.8 Å². The zero-order valence-electron chi connectivity index (χ0n) is 10.8. The highest BCUT2D eigenvalue weighted by Crippen LogP contribution is 2.41. The molecule has 1 atom stereocenters. The Labute approximate surface area is 119 Å². The van der Waals surface area contributed by atoms with Crippen molar-refractivity contribution < 1.29 is 4.74 Å². The molecule has 1 unspecified atom stereocenters. The maximum atomic E-state index is 6.63. The molecule has 1 aliphatic carbocycles. The lowest BCUT2D eigenvalue weighted by molar-refractivity contribution is 0.413. The average molecular weight is 287 g/mol. The molecule has 1 aromatic rings. The Balaban J connectivity index is 2.14. The van der Waals surface area contributed by atoms with Crippen LogP contribution in [0.1, 0.15) is 49.5 Å². The predicted molar refractivity (Wildman–Crippen MR) is 77.8 cm³/mol. The van der Waals surface area contributed by atoms with Crippen molar-refractivity contribution in [1.29, 1.82) is 0 Å². The van der Waals surface area contributed by atoms with E-state index >= 15 is 0 Å². The number of hydrogen-bond donors (Lipinski definition) is 0. The first-order valence-electron chi connectivity index (χ1n) is 6.70. The van der Waals surface area contributed by atoms with Gasteiger partial charge < -0.3 is 4.74 Å². The molecule has 0 heterocycles. The topological polar surface area (TPSA) is 9.23 Å². The standard InChI is InChI=1S/C15H20Cl2O/c1-18-12-8-9-13(14(16)10-12)15(17)11-6-4-2-3-5-7-11/h8-11,15H,2-7H2,1H3. The van der Waals surface area contributed by atoms with Crippen LogP contribution in [0.25, 0.3) is 0 Å². The smallest absolute Gasteiger partial charge is 0.120 e. The predicted octanol–water partition coefficient (Wildman–Crippen LogP) is 5.60. The maximum Gasteiger partial charge on any atom is 0.120 e. The Morgan fingerprint density at radius 1 is 1.17 bits per heavy atom. The fourth-order valence-corrected chi connectivity index (χ4v) is 3.50. The van der Waals surface area contributed by atoms with E-state index in [1.165, 1.54) is 38.5 Å². The van der Waals surface area contributed by atoms with Crippen molar-refractivity contribution in [2.75, 3.05) is 7.11 Å². The van der Waals surface area contributed by atoms with E-state index in [9.17, 15) is 0 Å². The normalized spacial score (nSPS) is 19.3. The molecule has 1 aromatic carbocycles. The van der Waals surface area contributed by atoms with Crippen LogP contribution in [0.2, 0.25) is 5.02 Å². The molecule has 0 saturated heterocycles. The fraction of sp³-hybridized carbons (Fsp3) is 0.600. The van der Waals surface area contributed by atoms with Crippen LogP contribution in [0, 0.1) is 5.92 Å². The third-order valence-electron chi connectivity index (χ3n) is 3.82. The molecule has 0 radical (unpaired) electrons. The number of hydrogen-bond acceptors (Lipinski definition) is 1. The second kappa shape index (κ2) is 6.68. The molecule has 0 N–H and O–H groups in total. The van der Waals surface area contributed by atoms with Crippen LogP contribution in [-0.2, 0) is 0 Å². The quantitative estimate of drug-likeness (QED) is 0.519. The first-order valence-corrected chi connectivity index (χ1v) is 7.51. The summed E-state index contributed by atoms with van der Waals surface area (Å²) in [7, 11) is 1.65. The minimum atomic E-state index is 0.0292. The van der Waals surface area contributed by atoms with Crippen LogP contribution in [-0.4, -0.2) is 7.11 Å². The summed E-state index contributed by atoms with van der Waals surface area (Å²) in [6.07, 6.45) is 7.71. The van der Waals surface area contributed by atoms with Gasteiger partial charge in [0, 0.05) is 5.02 Å². The van der Waals surface area contributed by atoms with Gasteiger partial charge in [-0.3, -0.25) is 0 Å². The van der Waals surface area contributed by atoms with Crippen LogP contribution in [0.3, 0.4) is 0 Å². The van der Waals surface area contributed by atoms with E-state index in [4.69, 9.17) is 27.9 Å². The molecule has 1 saturated carbocycles. The third kappa shape index (κ3) is 3.33. The van der Waals surface area contributed by atoms with Gasteiger partial charge in [0.15, 0.2) is 0 Å². The lowest BCUT2D eigenvalue weighted by atomic mass is 9.92. The minimum Gasteiger partial charge on any atom is -0.497 e. The largest absolute Gasteiger partial charge is 0.497 e. The molecule has 0 spiro atoms. The van der Waals surface area contributed by atoms with Gasteiger partial charge in [0.25, 0.3) is 0 Å². The molecule has 1 fully saturated rings. The van der Waals surface area contributed by atoms with Gasteiger partial charge in [-0.1, -0.05) is 43.4 Å². The molecule has 1 aliphatic rings. The number of benzene rings is 1. The first kappa shape index (κ1) is 14.0. The number of halogens is 2. The number of ether oxygens (including phenoxy) is 1. The summed E-state index contributed by atoms with van der Waals surface area (Å²) in [5, 5.41) is 0.750. The highest BCUT2D eigenvalue weighted by Gasteiger charge is 2.24. The van der Waals surface area contributed by atoms with Crippen molar-refractivity contribution in [2.45, 2.75) is 43.9 Å². The maximum absolute atomic E-state index is 6.63. The zero-order chi connectivity index (χ0) is 13.0. The lowest BCUT2D eigenvalue weighted by Gasteiger charge is -2.22. The summed E-state index contributed by atoms with van der Waals surface area (Å²) in [6.45, 7) is 0. The van der Waals surface area contributed by atoms with Gasteiger partial charge in [-0.2, -0.15) is 0 Å². The van der Waals surface area contributed by atoms with Crippen LogP contribution in [0.5, 0.6) is 5.75 Å². The molecule has 0 aromatic heterocycles. The minimum absolute atomic E-state index is 0.0292. The summed E-state index contributed by atoms with van der Waals surface area (Å²) in [5.74, 6) is 1.34. The summed E-state index contributed by atoms with van der Waals surface area (Å²) in [5.41, 5.74) is 1.05. The number of alkyl halides is 1. The Hall–Kier alpha value is -0.400. The summed E-state index contributed by atoms with van der Waals surface area (Å²) in [4.78, 5) is 0. The van der Waals surface area contributed by atoms with Crippen molar-refractivity contribution in [3.8, 4) is 5.75 Å². The van der Waals surface area contributed by atoms with Gasteiger partial charge in [0.2, 0.25) is 0 Å². The molecular weight excluding hydrogens is 267 g/mol. The van der Waals surface area contributed by atoms with Crippen LogP contribution in [0.15, 0.2) is 18.2 Å². The molecule has 0 amide bonds. The van der Waals surface area contributed by atoms with Crippen molar-refractivity contribution in [3.63, 3.8) is 0 Å². The number of methoxy groups -OCH3 is 1. The Morgan fingerprint density at radius 3 is 2.39 bits per heavy atom. The van der Waals surface area contributed by atoms with E-state index < -0.39 is 0 Å². The zero-order valence-corrected chi connectivity index (χ0v) is 12.3. The first-order chi connectivity index (χ1) is 8.72. The molecule has 100 valence electrons. The Bertz CT molecular complexity index is 384. The third-order valence-corrected chi connectivity index (χ3v) is 4.74. The van der Waals surface area contributed by atoms with Crippen molar-refractivity contribution >= 4 is 23.2 Å². The van der Waals surface area contributed by atoms with E-state index in [2.05, 4.69) is 0 Å². The lowest BCUT2D eigenvalue weighted by Crippen LogP contribution is -2.07. The van der Waals surface area contributed by atoms with Gasteiger partial charge in [0.05, 0.1) is 12.5 Å². The number of rotatable bonds is 3. The SMILES string of the molecule is COc1ccc(C(Cl)C2CCCCCC2)c(Cl)c1. The highest BCUT2D eigenvalue weighted by molar-refractivity contribution is 6.33. The van der Waals surface area contributed by atoms with Crippen LogP contribution < -0.4 is 4.74 Å². The molecule has 0 aliphatic heterocycles. The van der Waals surface area contributed by atoms with Gasteiger partial charge >= 0.3 is 0 Å². The average Bonchev–Trinajstić information content (AvgIpc) is 2.66. The van der Waals surface area contributed by atoms with E-state index in [1.54, 1.807) is 7.11 Å². The van der Waals surface area contributed by atoms with E-state index in [-0.39, 0.29) is 5.38 Å². The second-order valence-electron chi connectivity index (χ2n) is 5.04. The van der Waals surface area contributed by atoms with Gasteiger partial charge in [0.1, 0.15) is 5.75 Å². The van der Waals surface area contributed by atoms with E-state index in [0.29, 0.717) is 5.92 Å². The summed E-state index contributed by atoms with van der Waals surface area (Å²) >= 11 is 12.9. The molecular formula is C15H20Cl2O. The highest BCUT2D eigenvalue weighted by atomic mass is 35.5. The van der Waals surface area contributed by atoms with E-state index in [1.807, 2.05) is 18.2 Å². The molecule has 2 rings (SSSR count). The Kier molecular flexibility index (Phi) is 5.20. The Morgan fingerprint density at radius 2 is 1.83 bits per heavy atom. The van der Waals surface area contributed by atoms with Gasteiger partial charge in [-0.05, 0) is 36.5 Å².